The van der Waals surface area contributed by atoms with Crippen molar-refractivity contribution in [3.8, 4) is 0 Å². The molecule has 1 saturated heterocycles. The minimum absolute atomic E-state index is 0.299. The molecule has 2 rings (SSSR count). The maximum absolute atomic E-state index is 12.9. The molecule has 0 bridgehead atoms. The van der Waals surface area contributed by atoms with Crippen LogP contribution in [0.3, 0.4) is 0 Å². The van der Waals surface area contributed by atoms with Crippen molar-refractivity contribution in [2.75, 3.05) is 19.6 Å². The van der Waals surface area contributed by atoms with Crippen LogP contribution in [0.4, 0.5) is 13.2 Å². The van der Waals surface area contributed by atoms with Crippen LogP contribution < -0.4 is 10.6 Å². The number of hydrogen-bond donors (Lipinski definition) is 2. The zero-order valence-electron chi connectivity index (χ0n) is 10.7. The van der Waals surface area contributed by atoms with Gasteiger partial charge in [0.2, 0.25) is 0 Å². The molecule has 2 fully saturated rings. The second-order valence-corrected chi connectivity index (χ2v) is 5.64. The molecule has 18 heavy (non-hydrogen) atoms. The lowest BCUT2D eigenvalue weighted by molar-refractivity contribution is -0.189. The first-order chi connectivity index (χ1) is 8.57. The van der Waals surface area contributed by atoms with Crippen molar-refractivity contribution < 1.29 is 13.2 Å². The first-order valence-electron chi connectivity index (χ1n) is 7.08. The minimum Gasteiger partial charge on any atom is -0.317 e. The van der Waals surface area contributed by atoms with Gasteiger partial charge in [0.1, 0.15) is 0 Å². The quantitative estimate of drug-likeness (QED) is 0.819. The van der Waals surface area contributed by atoms with E-state index in [-0.39, 0.29) is 6.04 Å². The highest BCUT2D eigenvalue weighted by Gasteiger charge is 2.45. The van der Waals surface area contributed by atoms with E-state index < -0.39 is 12.1 Å². The van der Waals surface area contributed by atoms with Crippen molar-refractivity contribution >= 4 is 0 Å². The van der Waals surface area contributed by atoms with Crippen LogP contribution in [0.2, 0.25) is 0 Å². The Morgan fingerprint density at radius 2 is 1.67 bits per heavy atom. The van der Waals surface area contributed by atoms with E-state index in [9.17, 15) is 13.2 Å². The third-order valence-corrected chi connectivity index (χ3v) is 4.31. The molecule has 2 aliphatic rings. The number of rotatable bonds is 3. The van der Waals surface area contributed by atoms with E-state index in [4.69, 9.17) is 0 Å². The van der Waals surface area contributed by atoms with Crippen molar-refractivity contribution in [1.29, 1.82) is 0 Å². The lowest BCUT2D eigenvalue weighted by Gasteiger charge is -2.35. The second-order valence-electron chi connectivity index (χ2n) is 5.64. The van der Waals surface area contributed by atoms with Gasteiger partial charge >= 0.3 is 6.18 Å². The fraction of sp³-hybridized carbons (Fsp3) is 1.00. The van der Waals surface area contributed by atoms with Gasteiger partial charge in [-0.05, 0) is 51.2 Å². The van der Waals surface area contributed by atoms with Crippen molar-refractivity contribution in [2.24, 2.45) is 11.8 Å². The molecule has 2 N–H and O–H groups in total. The average molecular weight is 264 g/mol. The van der Waals surface area contributed by atoms with Crippen LogP contribution in [0, 0.1) is 11.8 Å². The number of nitrogens with one attached hydrogen (secondary N) is 2. The van der Waals surface area contributed by atoms with Gasteiger partial charge in [0.25, 0.3) is 0 Å². The maximum atomic E-state index is 12.9. The van der Waals surface area contributed by atoms with Gasteiger partial charge in [0, 0.05) is 6.04 Å². The molecule has 0 aromatic heterocycles. The van der Waals surface area contributed by atoms with Crippen molar-refractivity contribution in [3.63, 3.8) is 0 Å². The van der Waals surface area contributed by atoms with Gasteiger partial charge in [-0.1, -0.05) is 12.8 Å². The van der Waals surface area contributed by atoms with Crippen LogP contribution >= 0.6 is 0 Å². The molecule has 106 valence electrons. The molecule has 0 radical (unpaired) electrons. The molecular formula is C13H23F3N2. The largest absolute Gasteiger partial charge is 0.393 e. The second kappa shape index (κ2) is 6.24. The van der Waals surface area contributed by atoms with Gasteiger partial charge < -0.3 is 10.6 Å². The maximum Gasteiger partial charge on any atom is 0.393 e. The number of alkyl halides is 3. The topological polar surface area (TPSA) is 24.1 Å². The zero-order chi connectivity index (χ0) is 13.0. The standard InChI is InChI=1S/C13H23F3N2/c14-13(15,16)11-3-1-2-4-12(11)18-9-10-5-7-17-8-6-10/h10-12,17-18H,1-9H2. The first kappa shape index (κ1) is 14.1. The van der Waals surface area contributed by atoms with Gasteiger partial charge in [-0.3, -0.25) is 0 Å². The van der Waals surface area contributed by atoms with E-state index in [0.717, 1.165) is 45.3 Å². The van der Waals surface area contributed by atoms with E-state index in [1.165, 1.54) is 0 Å². The third kappa shape index (κ3) is 3.85. The highest BCUT2D eigenvalue weighted by atomic mass is 19.4. The van der Waals surface area contributed by atoms with Crippen LogP contribution in [-0.4, -0.2) is 31.9 Å². The summed E-state index contributed by atoms with van der Waals surface area (Å²) in [5.74, 6) is -0.588. The SMILES string of the molecule is FC(F)(F)C1CCCCC1NCC1CCNCC1. The van der Waals surface area contributed by atoms with E-state index in [1.54, 1.807) is 0 Å². The summed E-state index contributed by atoms with van der Waals surface area (Å²) in [5, 5.41) is 6.48. The van der Waals surface area contributed by atoms with Crippen molar-refractivity contribution in [1.82, 2.24) is 10.6 Å². The number of halogens is 3. The number of hydrogen-bond acceptors (Lipinski definition) is 2. The molecule has 0 aromatic carbocycles. The number of piperidine rings is 1. The van der Waals surface area contributed by atoms with Gasteiger partial charge in [-0.15, -0.1) is 0 Å². The highest BCUT2D eigenvalue weighted by Crippen LogP contribution is 2.37. The third-order valence-electron chi connectivity index (χ3n) is 4.31. The molecule has 0 spiro atoms. The normalized spacial score (nSPS) is 31.5. The van der Waals surface area contributed by atoms with Gasteiger partial charge in [0.15, 0.2) is 0 Å². The predicted octanol–water partition coefficient (Wildman–Crippen LogP) is 2.70. The summed E-state index contributed by atoms with van der Waals surface area (Å²) in [5.41, 5.74) is 0. The van der Waals surface area contributed by atoms with E-state index in [2.05, 4.69) is 10.6 Å². The van der Waals surface area contributed by atoms with Gasteiger partial charge in [0.05, 0.1) is 5.92 Å². The molecule has 2 atom stereocenters. The molecule has 1 saturated carbocycles. The fourth-order valence-electron chi connectivity index (χ4n) is 3.17. The summed E-state index contributed by atoms with van der Waals surface area (Å²) in [4.78, 5) is 0. The molecule has 1 aliphatic heterocycles. The predicted molar refractivity (Wildman–Crippen MR) is 65.4 cm³/mol. The zero-order valence-corrected chi connectivity index (χ0v) is 10.7. The van der Waals surface area contributed by atoms with Crippen molar-refractivity contribution in [2.45, 2.75) is 50.7 Å². The fourth-order valence-corrected chi connectivity index (χ4v) is 3.17. The smallest absolute Gasteiger partial charge is 0.317 e. The van der Waals surface area contributed by atoms with Crippen LogP contribution in [0.25, 0.3) is 0 Å². The Labute approximate surface area is 107 Å². The Morgan fingerprint density at radius 3 is 2.33 bits per heavy atom. The average Bonchev–Trinajstić information content (AvgIpc) is 2.37. The Morgan fingerprint density at radius 1 is 1.00 bits per heavy atom. The first-order valence-corrected chi connectivity index (χ1v) is 7.08. The Hall–Kier alpha value is -0.290. The summed E-state index contributed by atoms with van der Waals surface area (Å²) in [6.45, 7) is 2.75. The minimum atomic E-state index is -4.04. The van der Waals surface area contributed by atoms with E-state index in [1.807, 2.05) is 0 Å². The van der Waals surface area contributed by atoms with E-state index in [0.29, 0.717) is 18.8 Å². The van der Waals surface area contributed by atoms with Crippen LogP contribution in [0.1, 0.15) is 38.5 Å². The van der Waals surface area contributed by atoms with Crippen LogP contribution in [0.5, 0.6) is 0 Å². The molecule has 1 heterocycles. The molecule has 2 nitrogen and oxygen atoms in total. The Bertz CT molecular complexity index is 249. The summed E-state index contributed by atoms with van der Waals surface area (Å²) < 4.78 is 38.7. The van der Waals surface area contributed by atoms with Crippen LogP contribution in [0.15, 0.2) is 0 Å². The molecule has 5 heteroatoms. The van der Waals surface area contributed by atoms with Gasteiger partial charge in [-0.2, -0.15) is 13.2 Å². The lowest BCUT2D eigenvalue weighted by atomic mass is 9.83. The Kier molecular flexibility index (Phi) is 4.90. The summed E-state index contributed by atoms with van der Waals surface area (Å²) in [6.07, 6.45) is 0.744. The molecular weight excluding hydrogens is 241 g/mol. The Balaban J connectivity index is 1.81. The summed E-state index contributed by atoms with van der Waals surface area (Å²) in [7, 11) is 0. The summed E-state index contributed by atoms with van der Waals surface area (Å²) in [6, 6.07) is -0.353. The monoisotopic (exact) mass is 264 g/mol. The lowest BCUT2D eigenvalue weighted by Crippen LogP contribution is -2.47. The van der Waals surface area contributed by atoms with Crippen molar-refractivity contribution in [3.05, 3.63) is 0 Å². The molecule has 2 unspecified atom stereocenters. The molecule has 1 aliphatic carbocycles. The molecule has 0 aromatic rings. The summed E-state index contributed by atoms with van der Waals surface area (Å²) >= 11 is 0. The molecule has 0 amide bonds. The highest BCUT2D eigenvalue weighted by molar-refractivity contribution is 4.86. The van der Waals surface area contributed by atoms with E-state index >= 15 is 0 Å². The van der Waals surface area contributed by atoms with Gasteiger partial charge in [-0.25, -0.2) is 0 Å². The van der Waals surface area contributed by atoms with Crippen LogP contribution in [-0.2, 0) is 0 Å².